The standard InChI is InChI=1S/2C15H10N.C5H14N2.2Au/c1-3-11-8-9-15-13(10-11)12-6-4-5-7-14(12)16(15)2;1-3-11-8-9-13-12-6-4-5-7-14(12)16(2)15(13)10-11;1-6(2)5-7(3)4;;/h2*4-10H,2H3;5H2,1-4H3;;/q2*-1;;;. The van der Waals surface area contributed by atoms with E-state index < -0.39 is 0 Å². The molecule has 0 aliphatic rings. The van der Waals surface area contributed by atoms with Gasteiger partial charge in [0.25, 0.3) is 0 Å². The number of aryl methyl sites for hydroxylation is 2. The van der Waals surface area contributed by atoms with Crippen LogP contribution in [0.3, 0.4) is 0 Å². The molecule has 218 valence electrons. The molecule has 0 aliphatic heterocycles. The van der Waals surface area contributed by atoms with Crippen molar-refractivity contribution in [1.82, 2.24) is 18.9 Å². The molecule has 0 saturated carbocycles. The minimum absolute atomic E-state index is 0. The number of aromatic nitrogens is 2. The molecule has 0 amide bonds. The second-order valence-electron chi connectivity index (χ2n) is 10.2. The predicted molar refractivity (Wildman–Crippen MR) is 166 cm³/mol. The van der Waals surface area contributed by atoms with Crippen LogP contribution in [0.1, 0.15) is 11.1 Å². The summed E-state index contributed by atoms with van der Waals surface area (Å²) in [5.41, 5.74) is 6.43. The Morgan fingerprint density at radius 3 is 1.46 bits per heavy atom. The van der Waals surface area contributed by atoms with E-state index in [2.05, 4.69) is 109 Å². The van der Waals surface area contributed by atoms with Crippen LogP contribution in [0.4, 0.5) is 0 Å². The average molecular weight is 905 g/mol. The van der Waals surface area contributed by atoms with E-state index in [1.807, 2.05) is 48.5 Å². The molecule has 0 aliphatic carbocycles. The van der Waals surface area contributed by atoms with Crippen LogP contribution in [0.25, 0.3) is 43.6 Å². The molecule has 0 spiro atoms. The van der Waals surface area contributed by atoms with E-state index in [1.165, 1.54) is 38.1 Å². The quantitative estimate of drug-likeness (QED) is 0.0844. The van der Waals surface area contributed by atoms with Gasteiger partial charge in [-0.25, -0.2) is 0 Å². The fourth-order valence-corrected chi connectivity index (χ4v) is 5.05. The first-order valence-electron chi connectivity index (χ1n) is 12.8. The van der Waals surface area contributed by atoms with Gasteiger partial charge in [0.2, 0.25) is 0 Å². The van der Waals surface area contributed by atoms with Gasteiger partial charge in [-0.05, 0) is 45.7 Å². The monoisotopic (exact) mass is 904 g/mol. The maximum absolute atomic E-state index is 7.18. The van der Waals surface area contributed by atoms with Crippen molar-refractivity contribution < 1.29 is 44.8 Å². The molecular weight excluding hydrogens is 870 g/mol. The minimum Gasteiger partial charge on any atom is -0.366 e. The maximum atomic E-state index is 7.18. The third-order valence-electron chi connectivity index (χ3n) is 6.68. The Kier molecular flexibility index (Phi) is 12.8. The predicted octanol–water partition coefficient (Wildman–Crippen LogP) is 6.60. The van der Waals surface area contributed by atoms with E-state index >= 15 is 0 Å². The Balaban J connectivity index is 0.000000226. The fourth-order valence-electron chi connectivity index (χ4n) is 5.05. The molecule has 6 rings (SSSR count). The Morgan fingerprint density at radius 2 is 0.951 bits per heavy atom. The van der Waals surface area contributed by atoms with Crippen LogP contribution >= 0.6 is 0 Å². The summed E-state index contributed by atoms with van der Waals surface area (Å²) in [4.78, 5) is 4.25. The molecule has 6 heteroatoms. The number of rotatable bonds is 2. The Morgan fingerprint density at radius 1 is 0.537 bits per heavy atom. The van der Waals surface area contributed by atoms with E-state index in [9.17, 15) is 0 Å². The van der Waals surface area contributed by atoms with Gasteiger partial charge in [-0.1, -0.05) is 48.5 Å². The topological polar surface area (TPSA) is 16.3 Å². The van der Waals surface area contributed by atoms with Crippen LogP contribution in [0, 0.1) is 24.7 Å². The molecular formula is C35H34Au2N4-2. The van der Waals surface area contributed by atoms with Gasteiger partial charge < -0.3 is 22.0 Å². The molecule has 0 bridgehead atoms. The molecule has 2 radical (unpaired) electrons. The van der Waals surface area contributed by atoms with Gasteiger partial charge >= 0.3 is 0 Å². The molecule has 0 N–H and O–H groups in total. The summed E-state index contributed by atoms with van der Waals surface area (Å²) in [6.07, 6.45) is 14.3. The summed E-state index contributed by atoms with van der Waals surface area (Å²) in [5.74, 6) is 4.86. The van der Waals surface area contributed by atoms with Gasteiger partial charge in [0, 0.05) is 104 Å². The molecule has 0 unspecified atom stereocenters. The first-order valence-corrected chi connectivity index (χ1v) is 12.8. The Hall–Kier alpha value is -3.00. The van der Waals surface area contributed by atoms with Crippen molar-refractivity contribution >= 4 is 43.6 Å². The molecule has 41 heavy (non-hydrogen) atoms. The summed E-state index contributed by atoms with van der Waals surface area (Å²) < 4.78 is 4.34. The zero-order chi connectivity index (χ0) is 28.1. The summed E-state index contributed by atoms with van der Waals surface area (Å²) in [5, 5.41) is 4.92. The second-order valence-corrected chi connectivity index (χ2v) is 10.2. The average Bonchev–Trinajstić information content (AvgIpc) is 3.39. The van der Waals surface area contributed by atoms with E-state index in [4.69, 9.17) is 12.8 Å². The van der Waals surface area contributed by atoms with Crippen molar-refractivity contribution in [3.05, 3.63) is 109 Å². The van der Waals surface area contributed by atoms with Crippen molar-refractivity contribution in [2.75, 3.05) is 34.9 Å². The SMILES string of the molecule is CN(C)CN(C)C.[Au].[Au].[C-]#Cc1ccc2c(c1)c1ccccc1n2C.[C-]#Cc1ccc2c3ccccc3n(C)c2c1. The zero-order valence-electron chi connectivity index (χ0n) is 24.2. The van der Waals surface area contributed by atoms with Crippen molar-refractivity contribution in [3.8, 4) is 11.8 Å². The van der Waals surface area contributed by atoms with Crippen LogP contribution in [0.2, 0.25) is 0 Å². The van der Waals surface area contributed by atoms with Gasteiger partial charge in [0.1, 0.15) is 0 Å². The third-order valence-corrected chi connectivity index (χ3v) is 6.68. The molecule has 6 aromatic rings. The van der Waals surface area contributed by atoms with Gasteiger partial charge in [-0.3, -0.25) is 21.6 Å². The number of fused-ring (bicyclic) bond motifs is 6. The summed E-state index contributed by atoms with van der Waals surface area (Å²) >= 11 is 0. The van der Waals surface area contributed by atoms with Crippen LogP contribution in [0.15, 0.2) is 84.9 Å². The molecule has 4 aromatic carbocycles. The van der Waals surface area contributed by atoms with Crippen molar-refractivity contribution in [2.45, 2.75) is 0 Å². The van der Waals surface area contributed by atoms with E-state index in [-0.39, 0.29) is 44.8 Å². The molecule has 2 heterocycles. The maximum Gasteiger partial charge on any atom is 0.0495 e. The molecule has 2 aromatic heterocycles. The number of hydrogen-bond acceptors (Lipinski definition) is 2. The van der Waals surface area contributed by atoms with Gasteiger partial charge in [-0.2, -0.15) is 0 Å². The van der Waals surface area contributed by atoms with Gasteiger partial charge in [0.15, 0.2) is 0 Å². The largest absolute Gasteiger partial charge is 0.366 e. The fraction of sp³-hybridized carbons (Fsp3) is 0.200. The molecule has 0 saturated heterocycles. The number of hydrogen-bond donors (Lipinski definition) is 0. The van der Waals surface area contributed by atoms with Crippen LogP contribution < -0.4 is 0 Å². The van der Waals surface area contributed by atoms with E-state index in [1.54, 1.807) is 0 Å². The first-order chi connectivity index (χ1) is 18.7. The van der Waals surface area contributed by atoms with Gasteiger partial charge in [0.05, 0.1) is 0 Å². The van der Waals surface area contributed by atoms with Crippen LogP contribution in [0.5, 0.6) is 0 Å². The second kappa shape index (κ2) is 15.3. The number of benzene rings is 4. The van der Waals surface area contributed by atoms with E-state index in [0.29, 0.717) is 0 Å². The molecule has 4 nitrogen and oxygen atoms in total. The summed E-state index contributed by atoms with van der Waals surface area (Å²) in [6.45, 7) is 1.03. The summed E-state index contributed by atoms with van der Waals surface area (Å²) in [7, 11) is 12.3. The van der Waals surface area contributed by atoms with Crippen LogP contribution in [-0.4, -0.2) is 53.8 Å². The third kappa shape index (κ3) is 7.64. The normalized spacial score (nSPS) is 10.3. The number of para-hydroxylation sites is 2. The summed E-state index contributed by atoms with van der Waals surface area (Å²) in [6, 6.07) is 28.7. The first kappa shape index (κ1) is 34.2. The molecule has 0 fully saturated rings. The van der Waals surface area contributed by atoms with E-state index in [0.717, 1.165) is 23.3 Å². The van der Waals surface area contributed by atoms with Gasteiger partial charge in [-0.15, -0.1) is 35.4 Å². The van der Waals surface area contributed by atoms with Crippen molar-refractivity contribution in [1.29, 1.82) is 0 Å². The van der Waals surface area contributed by atoms with Crippen molar-refractivity contribution in [2.24, 2.45) is 14.1 Å². The Bertz CT molecular complexity index is 1830. The smallest absolute Gasteiger partial charge is 0.0495 e. The molecule has 0 atom stereocenters. The Labute approximate surface area is 275 Å². The van der Waals surface area contributed by atoms with Crippen LogP contribution in [-0.2, 0) is 58.9 Å². The van der Waals surface area contributed by atoms with Crippen molar-refractivity contribution in [3.63, 3.8) is 0 Å². The zero-order valence-corrected chi connectivity index (χ0v) is 28.5. The minimum atomic E-state index is 0. The number of nitrogens with zero attached hydrogens (tertiary/aromatic N) is 4.